The summed E-state index contributed by atoms with van der Waals surface area (Å²) < 4.78 is 0. The smallest absolute Gasteiger partial charge is 0.0655 e. The molecule has 2 aromatic rings. The largest absolute Gasteiger partial charge is 0.198 e. The Hall–Kier alpha value is -2.07. The molecule has 0 atom stereocenters. The summed E-state index contributed by atoms with van der Waals surface area (Å²) in [6.45, 7) is 2.27. The summed E-state index contributed by atoms with van der Waals surface area (Å²) in [6.07, 6.45) is 15.1. The minimum Gasteiger partial charge on any atom is -0.198 e. The first-order valence-corrected chi connectivity index (χ1v) is 11.9. The average Bonchev–Trinajstić information content (AvgIpc) is 2.79. The SMILES string of the molecule is CCCCCCCc1ccc(-c2ccc(CCC3CCC(C#N)CC3)cc2)cc1. The van der Waals surface area contributed by atoms with Gasteiger partial charge in [-0.25, -0.2) is 0 Å². The molecule has 1 saturated carbocycles. The number of aryl methyl sites for hydroxylation is 2. The number of nitriles is 1. The van der Waals surface area contributed by atoms with Gasteiger partial charge in [-0.1, -0.05) is 81.1 Å². The molecule has 0 aliphatic heterocycles. The van der Waals surface area contributed by atoms with Crippen LogP contribution in [-0.4, -0.2) is 0 Å². The first kappa shape index (κ1) is 21.6. The van der Waals surface area contributed by atoms with E-state index in [1.165, 1.54) is 86.5 Å². The summed E-state index contributed by atoms with van der Waals surface area (Å²) in [5, 5.41) is 9.04. The molecule has 1 fully saturated rings. The van der Waals surface area contributed by atoms with Gasteiger partial charge in [-0.15, -0.1) is 0 Å². The van der Waals surface area contributed by atoms with E-state index in [0.29, 0.717) is 5.92 Å². The molecule has 1 heteroatoms. The summed E-state index contributed by atoms with van der Waals surface area (Å²) in [5.41, 5.74) is 5.55. The van der Waals surface area contributed by atoms with Gasteiger partial charge in [0.25, 0.3) is 0 Å². The lowest BCUT2D eigenvalue weighted by atomic mass is 9.80. The Morgan fingerprint density at radius 1 is 0.724 bits per heavy atom. The number of nitrogens with zero attached hydrogens (tertiary/aromatic N) is 1. The topological polar surface area (TPSA) is 23.8 Å². The number of hydrogen-bond donors (Lipinski definition) is 0. The molecule has 1 aliphatic rings. The Balaban J connectivity index is 1.44. The van der Waals surface area contributed by atoms with Crippen LogP contribution in [0.15, 0.2) is 48.5 Å². The minimum absolute atomic E-state index is 0.318. The number of benzene rings is 2. The quantitative estimate of drug-likeness (QED) is 0.377. The molecule has 0 spiro atoms. The van der Waals surface area contributed by atoms with Gasteiger partial charge < -0.3 is 0 Å². The van der Waals surface area contributed by atoms with Gasteiger partial charge in [0.05, 0.1) is 6.07 Å². The van der Waals surface area contributed by atoms with Gasteiger partial charge in [0.1, 0.15) is 0 Å². The van der Waals surface area contributed by atoms with E-state index in [0.717, 1.165) is 18.8 Å². The first-order valence-electron chi connectivity index (χ1n) is 11.9. The molecule has 0 saturated heterocycles. The molecule has 0 N–H and O–H groups in total. The van der Waals surface area contributed by atoms with Gasteiger partial charge in [0.2, 0.25) is 0 Å². The first-order chi connectivity index (χ1) is 14.3. The van der Waals surface area contributed by atoms with Gasteiger partial charge in [-0.3, -0.25) is 0 Å². The fourth-order valence-electron chi connectivity index (χ4n) is 4.61. The lowest BCUT2D eigenvalue weighted by Crippen LogP contribution is -2.13. The summed E-state index contributed by atoms with van der Waals surface area (Å²) in [4.78, 5) is 0. The van der Waals surface area contributed by atoms with E-state index < -0.39 is 0 Å². The maximum atomic E-state index is 9.04. The number of hydrogen-bond acceptors (Lipinski definition) is 1. The van der Waals surface area contributed by atoms with E-state index in [1.807, 2.05) is 0 Å². The monoisotopic (exact) mass is 387 g/mol. The van der Waals surface area contributed by atoms with Gasteiger partial charge in [-0.2, -0.15) is 5.26 Å². The zero-order valence-electron chi connectivity index (χ0n) is 18.2. The van der Waals surface area contributed by atoms with Crippen molar-refractivity contribution in [1.82, 2.24) is 0 Å². The lowest BCUT2D eigenvalue weighted by Gasteiger charge is -2.24. The Labute approximate surface area is 178 Å². The Bertz CT molecular complexity index is 742. The highest BCUT2D eigenvalue weighted by Gasteiger charge is 2.20. The van der Waals surface area contributed by atoms with Crippen molar-refractivity contribution >= 4 is 0 Å². The Morgan fingerprint density at radius 2 is 1.28 bits per heavy atom. The molecule has 0 amide bonds. The van der Waals surface area contributed by atoms with Crippen molar-refractivity contribution in [2.24, 2.45) is 11.8 Å². The minimum atomic E-state index is 0.318. The number of unbranched alkanes of at least 4 members (excludes halogenated alkanes) is 4. The van der Waals surface area contributed by atoms with Crippen LogP contribution in [0.5, 0.6) is 0 Å². The fraction of sp³-hybridized carbons (Fsp3) is 0.536. The van der Waals surface area contributed by atoms with Crippen LogP contribution in [0, 0.1) is 23.2 Å². The van der Waals surface area contributed by atoms with Crippen LogP contribution >= 0.6 is 0 Å². The van der Waals surface area contributed by atoms with E-state index in [2.05, 4.69) is 61.5 Å². The maximum Gasteiger partial charge on any atom is 0.0655 e. The second-order valence-corrected chi connectivity index (χ2v) is 8.94. The normalized spacial score (nSPS) is 19.0. The van der Waals surface area contributed by atoms with E-state index in [9.17, 15) is 0 Å². The van der Waals surface area contributed by atoms with Crippen LogP contribution in [0.1, 0.15) is 82.3 Å². The van der Waals surface area contributed by atoms with Gasteiger partial charge in [0, 0.05) is 5.92 Å². The predicted octanol–water partition coefficient (Wildman–Crippen LogP) is 8.13. The Kier molecular flexibility index (Phi) is 8.82. The molecular weight excluding hydrogens is 350 g/mol. The van der Waals surface area contributed by atoms with Crippen molar-refractivity contribution in [2.45, 2.75) is 84.0 Å². The van der Waals surface area contributed by atoms with Crippen LogP contribution in [-0.2, 0) is 12.8 Å². The third-order valence-corrected chi connectivity index (χ3v) is 6.68. The molecule has 1 aliphatic carbocycles. The van der Waals surface area contributed by atoms with Gasteiger partial charge >= 0.3 is 0 Å². The van der Waals surface area contributed by atoms with Gasteiger partial charge in [0.15, 0.2) is 0 Å². The lowest BCUT2D eigenvalue weighted by molar-refractivity contribution is 0.300. The molecule has 1 nitrogen and oxygen atoms in total. The number of rotatable bonds is 10. The van der Waals surface area contributed by atoms with Crippen LogP contribution in [0.4, 0.5) is 0 Å². The van der Waals surface area contributed by atoms with Crippen molar-refractivity contribution in [3.63, 3.8) is 0 Å². The highest BCUT2D eigenvalue weighted by Crippen LogP contribution is 2.31. The van der Waals surface area contributed by atoms with Crippen LogP contribution in [0.3, 0.4) is 0 Å². The zero-order chi connectivity index (χ0) is 20.3. The van der Waals surface area contributed by atoms with Crippen molar-refractivity contribution in [2.75, 3.05) is 0 Å². The fourth-order valence-corrected chi connectivity index (χ4v) is 4.61. The van der Waals surface area contributed by atoms with Crippen molar-refractivity contribution in [3.05, 3.63) is 59.7 Å². The average molecular weight is 388 g/mol. The molecule has 29 heavy (non-hydrogen) atoms. The molecule has 0 aromatic heterocycles. The summed E-state index contributed by atoms with van der Waals surface area (Å²) in [5.74, 6) is 1.13. The third kappa shape index (κ3) is 7.04. The molecule has 154 valence electrons. The standard InChI is InChI=1S/C28H37N/c1-2-3-4-5-6-7-23-14-18-27(19-15-23)28-20-16-25(17-21-28)9-8-24-10-12-26(22-29)13-11-24/h14-21,24,26H,2-13H2,1H3. The predicted molar refractivity (Wildman–Crippen MR) is 124 cm³/mol. The molecule has 0 radical (unpaired) electrons. The second-order valence-electron chi connectivity index (χ2n) is 8.94. The highest BCUT2D eigenvalue weighted by atomic mass is 14.3. The highest BCUT2D eigenvalue weighted by molar-refractivity contribution is 5.63. The zero-order valence-corrected chi connectivity index (χ0v) is 18.2. The van der Waals surface area contributed by atoms with E-state index in [-0.39, 0.29) is 0 Å². The molecule has 0 bridgehead atoms. The van der Waals surface area contributed by atoms with Crippen LogP contribution < -0.4 is 0 Å². The van der Waals surface area contributed by atoms with E-state index in [4.69, 9.17) is 5.26 Å². The maximum absolute atomic E-state index is 9.04. The molecular formula is C28H37N. The summed E-state index contributed by atoms with van der Waals surface area (Å²) in [6, 6.07) is 20.8. The second kappa shape index (κ2) is 11.8. The van der Waals surface area contributed by atoms with Crippen molar-refractivity contribution in [3.8, 4) is 17.2 Å². The molecule has 3 rings (SSSR count). The third-order valence-electron chi connectivity index (χ3n) is 6.68. The molecule has 0 unspecified atom stereocenters. The molecule has 2 aromatic carbocycles. The van der Waals surface area contributed by atoms with E-state index in [1.54, 1.807) is 0 Å². The van der Waals surface area contributed by atoms with Crippen LogP contribution in [0.2, 0.25) is 0 Å². The molecule has 0 heterocycles. The summed E-state index contributed by atoms with van der Waals surface area (Å²) >= 11 is 0. The van der Waals surface area contributed by atoms with Crippen LogP contribution in [0.25, 0.3) is 11.1 Å². The van der Waals surface area contributed by atoms with Crippen molar-refractivity contribution < 1.29 is 0 Å². The Morgan fingerprint density at radius 3 is 1.83 bits per heavy atom. The summed E-state index contributed by atoms with van der Waals surface area (Å²) in [7, 11) is 0. The van der Waals surface area contributed by atoms with Gasteiger partial charge in [-0.05, 0) is 79.5 Å². The van der Waals surface area contributed by atoms with E-state index >= 15 is 0 Å². The van der Waals surface area contributed by atoms with Crippen molar-refractivity contribution in [1.29, 1.82) is 5.26 Å².